The number of aryl methyl sites for hydroxylation is 1. The van der Waals surface area contributed by atoms with E-state index >= 15 is 0 Å². The van der Waals surface area contributed by atoms with Gasteiger partial charge in [-0.1, -0.05) is 0 Å². The Morgan fingerprint density at radius 2 is 1.62 bits per heavy atom. The highest BCUT2D eigenvalue weighted by Gasteiger charge is 2.60. The number of rotatable bonds is 3. The van der Waals surface area contributed by atoms with E-state index < -0.39 is 55.6 Å². The zero-order valence-electron chi connectivity index (χ0n) is 11.9. The molecule has 0 radical (unpaired) electrons. The molecule has 134 valence electrons. The number of halogens is 5. The number of aliphatic imine (C=N–C) groups is 1. The van der Waals surface area contributed by atoms with Gasteiger partial charge in [-0.15, -0.1) is 0 Å². The predicted octanol–water partition coefficient (Wildman–Crippen LogP) is 0.710. The molecule has 0 saturated heterocycles. The van der Waals surface area contributed by atoms with Gasteiger partial charge in [0.05, 0.1) is 10.5 Å². The van der Waals surface area contributed by atoms with E-state index in [1.54, 1.807) is 0 Å². The van der Waals surface area contributed by atoms with E-state index in [4.69, 9.17) is 16.6 Å². The lowest BCUT2D eigenvalue weighted by Gasteiger charge is -2.22. The second-order valence-corrected chi connectivity index (χ2v) is 6.15. The lowest BCUT2D eigenvalue weighted by Crippen LogP contribution is -2.35. The summed E-state index contributed by atoms with van der Waals surface area (Å²) < 4.78 is 87.9. The normalized spacial score (nSPS) is 12.8. The maximum absolute atomic E-state index is 13.7. The van der Waals surface area contributed by atoms with Gasteiger partial charge in [0.25, 0.3) is 5.91 Å². The number of benzene rings is 1. The molecular weight excluding hydrogens is 363 g/mol. The quantitative estimate of drug-likeness (QED) is 0.406. The standard InChI is InChI=1S/C11H11F5N4O3S/c1-4-2-6(10(12,13)11(14,15)16)5(8(21)20-9(17)18)3-7(4)24(19,22)23/h2-3H,1H3,(H2,19,22,23)(H4,17,18,20,21). The molecule has 1 aromatic rings. The molecular formula is C11H11F5N4O3S. The Labute approximate surface area is 132 Å². The summed E-state index contributed by atoms with van der Waals surface area (Å²) in [4.78, 5) is 13.8. The first-order valence-electron chi connectivity index (χ1n) is 5.85. The number of guanidine groups is 1. The second kappa shape index (κ2) is 5.98. The maximum atomic E-state index is 13.7. The van der Waals surface area contributed by atoms with Gasteiger partial charge in [0.15, 0.2) is 5.96 Å². The van der Waals surface area contributed by atoms with Crippen molar-refractivity contribution < 1.29 is 35.2 Å². The molecule has 1 amide bonds. The Morgan fingerprint density at radius 3 is 2.00 bits per heavy atom. The minimum Gasteiger partial charge on any atom is -0.370 e. The van der Waals surface area contributed by atoms with E-state index in [1.165, 1.54) is 0 Å². The molecule has 0 aliphatic heterocycles. The number of amides is 1. The van der Waals surface area contributed by atoms with Crippen LogP contribution in [0.15, 0.2) is 22.0 Å². The average molecular weight is 374 g/mol. The molecule has 1 rings (SSSR count). The van der Waals surface area contributed by atoms with Crippen molar-refractivity contribution in [1.82, 2.24) is 0 Å². The van der Waals surface area contributed by atoms with Crippen LogP contribution in [0.4, 0.5) is 22.0 Å². The Balaban J connectivity index is 3.87. The number of nitrogens with two attached hydrogens (primary N) is 3. The molecule has 0 unspecified atom stereocenters. The molecule has 24 heavy (non-hydrogen) atoms. The number of nitrogens with zero attached hydrogens (tertiary/aromatic N) is 1. The van der Waals surface area contributed by atoms with Crippen molar-refractivity contribution in [1.29, 1.82) is 0 Å². The predicted molar refractivity (Wildman–Crippen MR) is 72.6 cm³/mol. The van der Waals surface area contributed by atoms with Gasteiger partial charge in [-0.25, -0.2) is 13.6 Å². The van der Waals surface area contributed by atoms with Crippen LogP contribution in [0.3, 0.4) is 0 Å². The summed E-state index contributed by atoms with van der Waals surface area (Å²) >= 11 is 0. The third-order valence-electron chi connectivity index (χ3n) is 2.78. The first kappa shape index (κ1) is 19.8. The highest BCUT2D eigenvalue weighted by molar-refractivity contribution is 7.89. The number of sulfonamides is 1. The van der Waals surface area contributed by atoms with Crippen LogP contribution in [0.1, 0.15) is 21.5 Å². The number of carbonyl (C=O) groups is 1. The summed E-state index contributed by atoms with van der Waals surface area (Å²) in [5, 5.41) is 4.84. The molecule has 0 heterocycles. The summed E-state index contributed by atoms with van der Waals surface area (Å²) in [6, 6.07) is 0.469. The number of carbonyl (C=O) groups excluding carboxylic acids is 1. The van der Waals surface area contributed by atoms with E-state index in [-0.39, 0.29) is 12.1 Å². The monoisotopic (exact) mass is 374 g/mol. The van der Waals surface area contributed by atoms with E-state index in [0.29, 0.717) is 0 Å². The van der Waals surface area contributed by atoms with Crippen molar-refractivity contribution in [3.8, 4) is 0 Å². The van der Waals surface area contributed by atoms with Crippen LogP contribution in [0.2, 0.25) is 0 Å². The van der Waals surface area contributed by atoms with Gasteiger partial charge in [-0.05, 0) is 24.6 Å². The third kappa shape index (κ3) is 3.79. The van der Waals surface area contributed by atoms with Gasteiger partial charge in [-0.3, -0.25) is 4.79 Å². The fourth-order valence-corrected chi connectivity index (χ4v) is 2.55. The summed E-state index contributed by atoms with van der Waals surface area (Å²) in [6.45, 7) is 0.935. The maximum Gasteiger partial charge on any atom is 0.458 e. The number of hydrogen-bond acceptors (Lipinski definition) is 3. The molecule has 0 atom stereocenters. The molecule has 0 aromatic heterocycles. The lowest BCUT2D eigenvalue weighted by atomic mass is 9.98. The Bertz CT molecular complexity index is 814. The Hall–Kier alpha value is -2.28. The van der Waals surface area contributed by atoms with Crippen LogP contribution < -0.4 is 16.6 Å². The van der Waals surface area contributed by atoms with Crippen LogP contribution in [0.25, 0.3) is 0 Å². The first-order valence-corrected chi connectivity index (χ1v) is 7.40. The van der Waals surface area contributed by atoms with Gasteiger partial charge in [-0.2, -0.15) is 26.9 Å². The Morgan fingerprint density at radius 1 is 1.12 bits per heavy atom. The highest BCUT2D eigenvalue weighted by Crippen LogP contribution is 2.46. The van der Waals surface area contributed by atoms with Crippen molar-refractivity contribution in [3.63, 3.8) is 0 Å². The van der Waals surface area contributed by atoms with Gasteiger partial charge in [0, 0.05) is 5.56 Å². The smallest absolute Gasteiger partial charge is 0.370 e. The van der Waals surface area contributed by atoms with Crippen molar-refractivity contribution >= 4 is 21.9 Å². The summed E-state index contributed by atoms with van der Waals surface area (Å²) in [5.41, 5.74) is 6.11. The zero-order chi connectivity index (χ0) is 19.1. The van der Waals surface area contributed by atoms with Crippen LogP contribution in [-0.4, -0.2) is 26.5 Å². The second-order valence-electron chi connectivity index (χ2n) is 4.62. The SMILES string of the molecule is Cc1cc(C(F)(F)C(F)(F)F)c(C(=O)N=C(N)N)cc1S(N)(=O)=O. The van der Waals surface area contributed by atoms with Crippen LogP contribution in [0.5, 0.6) is 0 Å². The third-order valence-corrected chi connectivity index (χ3v) is 3.83. The van der Waals surface area contributed by atoms with E-state index in [0.717, 1.165) is 6.92 Å². The molecule has 13 heteroatoms. The van der Waals surface area contributed by atoms with Crippen molar-refractivity contribution in [2.24, 2.45) is 21.6 Å². The molecule has 0 aliphatic rings. The van der Waals surface area contributed by atoms with Crippen molar-refractivity contribution in [2.75, 3.05) is 0 Å². The van der Waals surface area contributed by atoms with Crippen molar-refractivity contribution in [2.45, 2.75) is 23.9 Å². The van der Waals surface area contributed by atoms with Gasteiger partial charge >= 0.3 is 12.1 Å². The molecule has 0 bridgehead atoms. The average Bonchev–Trinajstić information content (AvgIpc) is 2.34. The Kier molecular flexibility index (Phi) is 4.92. The molecule has 0 aliphatic carbocycles. The number of primary sulfonamides is 1. The first-order chi connectivity index (χ1) is 10.6. The topological polar surface area (TPSA) is 142 Å². The summed E-state index contributed by atoms with van der Waals surface area (Å²) in [6.07, 6.45) is -6.05. The number of hydrogen-bond donors (Lipinski definition) is 3. The molecule has 0 saturated carbocycles. The molecule has 7 nitrogen and oxygen atoms in total. The molecule has 0 fully saturated rings. The van der Waals surface area contributed by atoms with E-state index in [1.807, 2.05) is 0 Å². The fourth-order valence-electron chi connectivity index (χ4n) is 1.76. The highest BCUT2D eigenvalue weighted by atomic mass is 32.2. The van der Waals surface area contributed by atoms with Crippen LogP contribution >= 0.6 is 0 Å². The van der Waals surface area contributed by atoms with Crippen molar-refractivity contribution in [3.05, 3.63) is 28.8 Å². The summed E-state index contributed by atoms with van der Waals surface area (Å²) in [7, 11) is -4.51. The van der Waals surface area contributed by atoms with Crippen LogP contribution in [-0.2, 0) is 15.9 Å². The minimum atomic E-state index is -6.05. The minimum absolute atomic E-state index is 0.197. The van der Waals surface area contributed by atoms with Crippen LogP contribution in [0, 0.1) is 6.92 Å². The van der Waals surface area contributed by atoms with Gasteiger partial charge in [0.1, 0.15) is 0 Å². The zero-order valence-corrected chi connectivity index (χ0v) is 12.7. The number of alkyl halides is 5. The van der Waals surface area contributed by atoms with Gasteiger partial charge < -0.3 is 11.5 Å². The van der Waals surface area contributed by atoms with Gasteiger partial charge in [0.2, 0.25) is 10.0 Å². The fraction of sp³-hybridized carbons (Fsp3) is 0.273. The molecule has 0 spiro atoms. The lowest BCUT2D eigenvalue weighted by molar-refractivity contribution is -0.289. The van der Waals surface area contributed by atoms with E-state index in [2.05, 4.69) is 4.99 Å². The van der Waals surface area contributed by atoms with E-state index in [9.17, 15) is 35.2 Å². The summed E-state index contributed by atoms with van der Waals surface area (Å²) in [5.74, 6) is -8.06. The molecule has 1 aromatic carbocycles. The molecule has 6 N–H and O–H groups in total. The largest absolute Gasteiger partial charge is 0.458 e.